The molecule has 1 heterocycles. The molecule has 0 aliphatic carbocycles. The summed E-state index contributed by atoms with van der Waals surface area (Å²) in [6.07, 6.45) is 4.14. The molecule has 1 fully saturated rings. The van der Waals surface area contributed by atoms with Crippen LogP contribution in [0, 0.1) is 11.8 Å². The fourth-order valence-corrected chi connectivity index (χ4v) is 3.39. The minimum Gasteiger partial charge on any atom is -0.313 e. The van der Waals surface area contributed by atoms with Gasteiger partial charge in [-0.1, -0.05) is 45.0 Å². The van der Waals surface area contributed by atoms with Gasteiger partial charge in [-0.2, -0.15) is 0 Å². The smallest absolute Gasteiger partial charge is 0.0236 e. The van der Waals surface area contributed by atoms with Gasteiger partial charge in [-0.3, -0.25) is 4.90 Å². The predicted octanol–water partition coefficient (Wildman–Crippen LogP) is 4.05. The highest BCUT2D eigenvalue weighted by atomic mass is 15.1. The zero-order chi connectivity index (χ0) is 15.1. The van der Waals surface area contributed by atoms with E-state index < -0.39 is 0 Å². The molecule has 2 nitrogen and oxygen atoms in total. The lowest BCUT2D eigenvalue weighted by Gasteiger charge is -2.22. The third kappa shape index (κ3) is 5.12. The number of likely N-dealkylation sites (tertiary alicyclic amines) is 1. The molecular weight excluding hydrogens is 256 g/mol. The van der Waals surface area contributed by atoms with Crippen LogP contribution in [0.1, 0.15) is 51.2 Å². The monoisotopic (exact) mass is 288 g/mol. The molecule has 0 radical (unpaired) electrons. The molecule has 2 rings (SSSR count). The van der Waals surface area contributed by atoms with Gasteiger partial charge in [-0.15, -0.1) is 0 Å². The van der Waals surface area contributed by atoms with Crippen LogP contribution in [0.3, 0.4) is 0 Å². The molecule has 1 aromatic carbocycles. The lowest BCUT2D eigenvalue weighted by molar-refractivity contribution is 0.264. The quantitative estimate of drug-likeness (QED) is 0.849. The van der Waals surface area contributed by atoms with Crippen molar-refractivity contribution in [2.75, 3.05) is 19.6 Å². The van der Waals surface area contributed by atoms with E-state index in [4.69, 9.17) is 0 Å². The first-order valence-corrected chi connectivity index (χ1v) is 8.70. The summed E-state index contributed by atoms with van der Waals surface area (Å²) in [5.74, 6) is 1.76. The van der Waals surface area contributed by atoms with Crippen molar-refractivity contribution in [3.63, 3.8) is 0 Å². The Bertz CT molecular complexity index is 414. The van der Waals surface area contributed by atoms with Crippen molar-refractivity contribution in [3.8, 4) is 0 Å². The fourth-order valence-electron chi connectivity index (χ4n) is 3.39. The number of benzene rings is 1. The number of rotatable bonds is 6. The van der Waals surface area contributed by atoms with E-state index in [0.29, 0.717) is 0 Å². The van der Waals surface area contributed by atoms with E-state index in [2.05, 4.69) is 55.3 Å². The molecule has 2 heteroatoms. The fraction of sp³-hybridized carbons (Fsp3) is 0.684. The normalized spacial score (nSPS) is 20.7. The van der Waals surface area contributed by atoms with E-state index in [-0.39, 0.29) is 0 Å². The Morgan fingerprint density at radius 2 is 1.90 bits per heavy atom. The van der Waals surface area contributed by atoms with Crippen LogP contribution in [0.15, 0.2) is 24.3 Å². The zero-order valence-corrected chi connectivity index (χ0v) is 14.1. The summed E-state index contributed by atoms with van der Waals surface area (Å²) in [5, 5.41) is 3.46. The summed E-state index contributed by atoms with van der Waals surface area (Å²) in [7, 11) is 0. The summed E-state index contributed by atoms with van der Waals surface area (Å²) in [6.45, 7) is 12.6. The van der Waals surface area contributed by atoms with Crippen LogP contribution in [0.25, 0.3) is 0 Å². The van der Waals surface area contributed by atoms with Crippen LogP contribution in [-0.4, -0.2) is 24.5 Å². The second-order valence-electron chi connectivity index (χ2n) is 6.76. The van der Waals surface area contributed by atoms with E-state index in [1.807, 2.05) is 0 Å². The van der Waals surface area contributed by atoms with Gasteiger partial charge in [-0.05, 0) is 61.9 Å². The van der Waals surface area contributed by atoms with Gasteiger partial charge in [0.25, 0.3) is 0 Å². The molecule has 0 aromatic heterocycles. The third-order valence-electron chi connectivity index (χ3n) is 4.89. The molecule has 0 saturated carbocycles. The Hall–Kier alpha value is -0.860. The largest absolute Gasteiger partial charge is 0.313 e. The van der Waals surface area contributed by atoms with Crippen molar-refractivity contribution in [2.24, 2.45) is 11.8 Å². The maximum Gasteiger partial charge on any atom is 0.0236 e. The number of hydrogen-bond acceptors (Lipinski definition) is 2. The first-order valence-electron chi connectivity index (χ1n) is 8.70. The summed E-state index contributed by atoms with van der Waals surface area (Å²) >= 11 is 0. The highest BCUT2D eigenvalue weighted by molar-refractivity contribution is 5.27. The van der Waals surface area contributed by atoms with Gasteiger partial charge in [0.2, 0.25) is 0 Å². The van der Waals surface area contributed by atoms with Gasteiger partial charge in [-0.25, -0.2) is 0 Å². The standard InChI is InChI=1S/C19H32N2/c1-4-20-14-18-8-5-6-9-19(18)15-21-12-7-10-17(11-13-21)16(2)3/h5-6,8-9,16-17,20H,4,7,10-15H2,1-3H3. The Balaban J connectivity index is 1.95. The molecule has 1 aliphatic heterocycles. The minimum absolute atomic E-state index is 0.839. The van der Waals surface area contributed by atoms with Crippen LogP contribution in [0.2, 0.25) is 0 Å². The lowest BCUT2D eigenvalue weighted by Crippen LogP contribution is -2.25. The number of nitrogens with one attached hydrogen (secondary N) is 1. The molecular formula is C19H32N2. The summed E-state index contributed by atoms with van der Waals surface area (Å²) in [4.78, 5) is 2.66. The predicted molar refractivity (Wildman–Crippen MR) is 91.3 cm³/mol. The molecule has 1 N–H and O–H groups in total. The molecule has 0 spiro atoms. The van der Waals surface area contributed by atoms with E-state index in [1.54, 1.807) is 0 Å². The molecule has 0 bridgehead atoms. The Kier molecular flexibility index (Phi) is 6.72. The Labute approximate surface area is 130 Å². The van der Waals surface area contributed by atoms with Gasteiger partial charge in [0.1, 0.15) is 0 Å². The molecule has 0 amide bonds. The second kappa shape index (κ2) is 8.55. The van der Waals surface area contributed by atoms with Crippen molar-refractivity contribution in [1.82, 2.24) is 10.2 Å². The first-order chi connectivity index (χ1) is 10.2. The molecule has 118 valence electrons. The average Bonchev–Trinajstić information content (AvgIpc) is 2.72. The summed E-state index contributed by atoms with van der Waals surface area (Å²) < 4.78 is 0. The van der Waals surface area contributed by atoms with Crippen molar-refractivity contribution in [1.29, 1.82) is 0 Å². The highest BCUT2D eigenvalue weighted by Crippen LogP contribution is 2.25. The van der Waals surface area contributed by atoms with Crippen LogP contribution >= 0.6 is 0 Å². The van der Waals surface area contributed by atoms with Crippen LogP contribution in [-0.2, 0) is 13.1 Å². The topological polar surface area (TPSA) is 15.3 Å². The van der Waals surface area contributed by atoms with Crippen molar-refractivity contribution in [3.05, 3.63) is 35.4 Å². The zero-order valence-electron chi connectivity index (χ0n) is 14.1. The van der Waals surface area contributed by atoms with E-state index in [0.717, 1.165) is 31.5 Å². The molecule has 1 atom stereocenters. The minimum atomic E-state index is 0.839. The third-order valence-corrected chi connectivity index (χ3v) is 4.89. The molecule has 1 aliphatic rings. The first kappa shape index (κ1) is 16.5. The van der Waals surface area contributed by atoms with Crippen LogP contribution < -0.4 is 5.32 Å². The molecule has 1 aromatic rings. The van der Waals surface area contributed by atoms with Gasteiger partial charge < -0.3 is 5.32 Å². The van der Waals surface area contributed by atoms with Gasteiger partial charge >= 0.3 is 0 Å². The Morgan fingerprint density at radius 1 is 1.14 bits per heavy atom. The van der Waals surface area contributed by atoms with Crippen molar-refractivity contribution >= 4 is 0 Å². The summed E-state index contributed by atoms with van der Waals surface area (Å²) in [5.41, 5.74) is 2.96. The van der Waals surface area contributed by atoms with Crippen molar-refractivity contribution in [2.45, 2.75) is 53.1 Å². The average molecular weight is 288 g/mol. The number of hydrogen-bond donors (Lipinski definition) is 1. The van der Waals surface area contributed by atoms with Gasteiger partial charge in [0, 0.05) is 13.1 Å². The second-order valence-corrected chi connectivity index (χ2v) is 6.76. The molecule has 1 unspecified atom stereocenters. The maximum atomic E-state index is 3.46. The maximum absolute atomic E-state index is 3.46. The Morgan fingerprint density at radius 3 is 2.62 bits per heavy atom. The lowest BCUT2D eigenvalue weighted by atomic mass is 9.89. The van der Waals surface area contributed by atoms with Crippen LogP contribution in [0.5, 0.6) is 0 Å². The van der Waals surface area contributed by atoms with E-state index in [9.17, 15) is 0 Å². The van der Waals surface area contributed by atoms with E-state index >= 15 is 0 Å². The van der Waals surface area contributed by atoms with E-state index in [1.165, 1.54) is 43.5 Å². The van der Waals surface area contributed by atoms with Gasteiger partial charge in [0.15, 0.2) is 0 Å². The van der Waals surface area contributed by atoms with Crippen molar-refractivity contribution < 1.29 is 0 Å². The van der Waals surface area contributed by atoms with Gasteiger partial charge in [0.05, 0.1) is 0 Å². The molecule has 1 saturated heterocycles. The SMILES string of the molecule is CCNCc1ccccc1CN1CCCC(C(C)C)CC1. The number of nitrogens with zero attached hydrogens (tertiary/aromatic N) is 1. The highest BCUT2D eigenvalue weighted by Gasteiger charge is 2.19. The molecule has 21 heavy (non-hydrogen) atoms. The van der Waals surface area contributed by atoms with Crippen LogP contribution in [0.4, 0.5) is 0 Å². The summed E-state index contributed by atoms with van der Waals surface area (Å²) in [6, 6.07) is 8.91.